The van der Waals surface area contributed by atoms with E-state index < -0.39 is 0 Å². The van der Waals surface area contributed by atoms with E-state index in [0.29, 0.717) is 0 Å². The largest absolute Gasteiger partial charge is 0.456 e. The quantitative estimate of drug-likeness (QED) is 0.0841. The van der Waals surface area contributed by atoms with Gasteiger partial charge in [0.1, 0.15) is 55.8 Å². The number of furan rings is 5. The van der Waals surface area contributed by atoms with Crippen molar-refractivity contribution in [1.29, 1.82) is 0 Å². The van der Waals surface area contributed by atoms with Gasteiger partial charge in [-0.15, -0.1) is 0 Å². The number of para-hydroxylation sites is 8. The molecule has 0 atom stereocenters. The third-order valence-electron chi connectivity index (χ3n) is 28.0. The number of benzene rings is 23. The molecule has 0 aliphatic heterocycles. The number of hydrogen-bond donors (Lipinski definition) is 0. The molecule has 8 nitrogen and oxygen atoms in total. The van der Waals surface area contributed by atoms with Gasteiger partial charge in [-0.1, -0.05) is 358 Å². The van der Waals surface area contributed by atoms with Gasteiger partial charge in [-0.25, -0.2) is 0 Å². The lowest BCUT2D eigenvalue weighted by molar-refractivity contribution is 0.668. The van der Waals surface area contributed by atoms with E-state index in [1.54, 1.807) is 0 Å². The third-order valence-corrected chi connectivity index (χ3v) is 28.0. The highest BCUT2D eigenvalue weighted by atomic mass is 16.3. The Labute approximate surface area is 843 Å². The summed E-state index contributed by atoms with van der Waals surface area (Å²) in [6.07, 6.45) is 0. The van der Waals surface area contributed by atoms with Crippen molar-refractivity contribution in [2.24, 2.45) is 0 Å². The molecule has 0 spiro atoms. The van der Waals surface area contributed by atoms with Crippen LogP contribution in [0.1, 0.15) is 0 Å². The third kappa shape index (κ3) is 16.7. The Morgan fingerprint density at radius 1 is 0.103 bits per heavy atom. The van der Waals surface area contributed by atoms with E-state index in [2.05, 4.69) is 536 Å². The van der Waals surface area contributed by atoms with Crippen LogP contribution in [0, 0.1) is 0 Å². The first-order valence-corrected chi connectivity index (χ1v) is 49.4. The van der Waals surface area contributed by atoms with Gasteiger partial charge in [0.05, 0.1) is 0 Å². The molecule has 5 heterocycles. The molecule has 0 fully saturated rings. The molecule has 28 rings (SSSR count). The second-order valence-corrected chi connectivity index (χ2v) is 36.9. The lowest BCUT2D eigenvalue weighted by atomic mass is 9.95. The van der Waals surface area contributed by atoms with Crippen molar-refractivity contribution >= 4 is 161 Å². The molecule has 0 saturated carbocycles. The zero-order valence-electron chi connectivity index (χ0n) is 79.4. The Morgan fingerprint density at radius 3 is 0.781 bits per heavy atom. The molecule has 0 aliphatic rings. The maximum atomic E-state index is 6.56. The highest BCUT2D eigenvalue weighted by Crippen LogP contribution is 2.48. The van der Waals surface area contributed by atoms with Gasteiger partial charge in [0, 0.05) is 122 Å². The van der Waals surface area contributed by atoms with Crippen LogP contribution in [0.5, 0.6) is 0 Å². The Balaban J connectivity index is 0.000000112. The second-order valence-electron chi connectivity index (χ2n) is 36.9. The summed E-state index contributed by atoms with van der Waals surface area (Å²) in [6, 6.07) is 194. The first-order valence-electron chi connectivity index (χ1n) is 49.4. The van der Waals surface area contributed by atoms with E-state index in [1.165, 1.54) is 22.3 Å². The molecule has 0 saturated heterocycles. The molecule has 0 bridgehead atoms. The van der Waals surface area contributed by atoms with Gasteiger partial charge in [0.2, 0.25) is 0 Å². The lowest BCUT2D eigenvalue weighted by Crippen LogP contribution is -2.09. The number of fused-ring (bicyclic) bond motifs is 15. The highest BCUT2D eigenvalue weighted by Gasteiger charge is 2.24. The van der Waals surface area contributed by atoms with Crippen molar-refractivity contribution in [2.45, 2.75) is 0 Å². The molecular weight excluding hydrogens is 1780 g/mol. The fourth-order valence-electron chi connectivity index (χ4n) is 20.8. The minimum atomic E-state index is 0.861. The Hall–Kier alpha value is -19.5. The monoisotopic (exact) mass is 1870 g/mol. The van der Waals surface area contributed by atoms with Crippen molar-refractivity contribution in [1.82, 2.24) is 0 Å². The van der Waals surface area contributed by atoms with Crippen LogP contribution < -0.4 is 14.7 Å². The van der Waals surface area contributed by atoms with Crippen molar-refractivity contribution in [3.8, 4) is 100 Å². The molecule has 0 unspecified atom stereocenters. The fourth-order valence-corrected chi connectivity index (χ4v) is 20.8. The first kappa shape index (κ1) is 86.8. The zero-order valence-corrected chi connectivity index (χ0v) is 79.4. The summed E-state index contributed by atoms with van der Waals surface area (Å²) in [5, 5.41) is 11.2. The maximum Gasteiger partial charge on any atom is 0.143 e. The highest BCUT2D eigenvalue weighted by molar-refractivity contribution is 6.15. The van der Waals surface area contributed by atoms with Gasteiger partial charge in [0.25, 0.3) is 0 Å². The number of anilines is 9. The molecule has 0 aliphatic carbocycles. The number of rotatable bonds is 18. The normalized spacial score (nSPS) is 11.4. The molecular formula is C138H91N3O5. The van der Waals surface area contributed by atoms with E-state index in [1.807, 2.05) is 30.3 Å². The molecule has 688 valence electrons. The Morgan fingerprint density at radius 2 is 0.342 bits per heavy atom. The van der Waals surface area contributed by atoms with E-state index >= 15 is 0 Å². The van der Waals surface area contributed by atoms with Crippen LogP contribution in [0.25, 0.3) is 210 Å². The summed E-state index contributed by atoms with van der Waals surface area (Å²) < 4.78 is 32.0. The summed E-state index contributed by atoms with van der Waals surface area (Å²) >= 11 is 0. The van der Waals surface area contributed by atoms with Gasteiger partial charge in [-0.3, -0.25) is 0 Å². The lowest BCUT2D eigenvalue weighted by Gasteiger charge is -2.26. The van der Waals surface area contributed by atoms with Crippen LogP contribution in [-0.2, 0) is 0 Å². The van der Waals surface area contributed by atoms with Crippen molar-refractivity contribution in [3.05, 3.63) is 552 Å². The smallest absolute Gasteiger partial charge is 0.143 e. The molecule has 0 radical (unpaired) electrons. The SMILES string of the molecule is c1ccc(-c2cc(-c3ccccc3)c3oc4ccc(-c5ccc(N(c6ccccc6)c6ccccc6)cc5)cc4c3c2)cc1.c1ccc(-c2cccc(N(c3ccccc3)c3ccc(-c4ccc5c(c4)oc4cc(-c6cccc7c6oc6ccccc67)ccc45)cc3)c2)cc1.c1ccc(-c2cccc3c2oc2ccc(-c4ccc(N(c5ccccc5)c5ccc(-c6ccc7c(c6)oc6ccccc67)cc5)cc4)cc23)cc1. The van der Waals surface area contributed by atoms with Crippen LogP contribution >= 0.6 is 0 Å². The summed E-state index contributed by atoms with van der Waals surface area (Å²) in [7, 11) is 0. The Kier molecular flexibility index (Phi) is 22.5. The summed E-state index contributed by atoms with van der Waals surface area (Å²) in [6.45, 7) is 0. The molecule has 8 heteroatoms. The first-order chi connectivity index (χ1) is 72.3. The molecule has 146 heavy (non-hydrogen) atoms. The van der Waals surface area contributed by atoms with E-state index in [4.69, 9.17) is 22.1 Å². The standard InChI is InChI=1S/2C48H31NO2.C42H29NO/c1-3-11-32(12-4-1)34-13-9-16-39(29-34)49(37-14-5-2-6-15-37)38-25-21-33(22-26-38)35-23-27-42-43-28-24-36(31-47(43)50-46(42)30-35)40-18-10-19-44-41-17-7-8-20-45(41)51-48(40)44;1-3-10-34(11-4-1)40-15-9-16-43-44-30-35(23-29-46(44)51-48(40)43)32-18-24-38(25-19-32)49(37-12-5-2-6-13-37)39-26-20-33(21-27-39)36-22-28-42-41-14-7-8-17-45(41)50-47(42)31-36;1-5-13-30(14-6-1)34-28-38(32-15-7-2-8-16-32)42-40(29-34)39-27-33(23-26-41(39)44-42)31-21-24-37(25-22-31)43(35-17-9-3-10-18-35)36-19-11-4-12-20-36/h2*1-31H;1-29H. The van der Waals surface area contributed by atoms with E-state index in [-0.39, 0.29) is 0 Å². The summed E-state index contributed by atoms with van der Waals surface area (Å²) in [5.41, 5.74) is 39.4. The van der Waals surface area contributed by atoms with E-state index in [0.717, 1.165) is 239 Å². The molecule has 23 aromatic carbocycles. The topological polar surface area (TPSA) is 75.4 Å². The predicted molar refractivity (Wildman–Crippen MR) is 609 cm³/mol. The molecule has 5 aromatic heterocycles. The predicted octanol–water partition coefficient (Wildman–Crippen LogP) is 40.0. The fraction of sp³-hybridized carbons (Fsp3) is 0. The number of nitrogens with zero attached hydrogens (tertiary/aromatic N) is 3. The van der Waals surface area contributed by atoms with Gasteiger partial charge < -0.3 is 36.8 Å². The van der Waals surface area contributed by atoms with Gasteiger partial charge >= 0.3 is 0 Å². The van der Waals surface area contributed by atoms with Gasteiger partial charge in [-0.2, -0.15) is 0 Å². The average Bonchev–Trinajstić information content (AvgIpc) is 1.60. The van der Waals surface area contributed by atoms with Crippen LogP contribution in [0.2, 0.25) is 0 Å². The maximum absolute atomic E-state index is 6.56. The average molecular weight is 1870 g/mol. The van der Waals surface area contributed by atoms with Crippen molar-refractivity contribution in [3.63, 3.8) is 0 Å². The van der Waals surface area contributed by atoms with Crippen molar-refractivity contribution < 1.29 is 22.1 Å². The zero-order chi connectivity index (χ0) is 96.7. The van der Waals surface area contributed by atoms with Crippen LogP contribution in [0.4, 0.5) is 51.2 Å². The summed E-state index contributed by atoms with van der Waals surface area (Å²) in [4.78, 5) is 6.89. The van der Waals surface area contributed by atoms with Gasteiger partial charge in [-0.05, 0) is 278 Å². The van der Waals surface area contributed by atoms with Crippen LogP contribution in [0.15, 0.2) is 574 Å². The molecule has 28 aromatic rings. The minimum absolute atomic E-state index is 0.861. The molecule has 0 amide bonds. The van der Waals surface area contributed by atoms with Crippen molar-refractivity contribution in [2.75, 3.05) is 14.7 Å². The van der Waals surface area contributed by atoms with Crippen LogP contribution in [0.3, 0.4) is 0 Å². The van der Waals surface area contributed by atoms with E-state index in [9.17, 15) is 0 Å². The minimum Gasteiger partial charge on any atom is -0.456 e. The molecule has 0 N–H and O–H groups in total. The van der Waals surface area contributed by atoms with Crippen LogP contribution in [-0.4, -0.2) is 0 Å². The second kappa shape index (κ2) is 37.9. The number of hydrogen-bond acceptors (Lipinski definition) is 8. The van der Waals surface area contributed by atoms with Gasteiger partial charge in [0.15, 0.2) is 0 Å². The summed E-state index contributed by atoms with van der Waals surface area (Å²) in [5.74, 6) is 0. The Bertz CT molecular complexity index is 9590.